The second-order valence-corrected chi connectivity index (χ2v) is 6.74. The number of hydrogen-bond donors (Lipinski definition) is 2. The average Bonchev–Trinajstić information content (AvgIpc) is 1.97. The number of hydrogen-bond acceptors (Lipinski definition) is 4. The van der Waals surface area contributed by atoms with Crippen molar-refractivity contribution in [1.82, 2.24) is 0 Å². The van der Waals surface area contributed by atoms with Crippen LogP contribution in [0, 0.1) is 17.8 Å². The molecule has 1 aliphatic heterocycles. The highest BCUT2D eigenvalue weighted by molar-refractivity contribution is 7.91. The summed E-state index contributed by atoms with van der Waals surface area (Å²) < 4.78 is 22.9. The molecule has 5 nitrogen and oxygen atoms in total. The van der Waals surface area contributed by atoms with E-state index in [1.165, 1.54) is 0 Å². The van der Waals surface area contributed by atoms with E-state index < -0.39 is 39.7 Å². The lowest BCUT2D eigenvalue weighted by Crippen LogP contribution is -2.49. The minimum absolute atomic E-state index is 0.0858. The van der Waals surface area contributed by atoms with Crippen LogP contribution in [-0.2, 0) is 14.6 Å². The van der Waals surface area contributed by atoms with Crippen molar-refractivity contribution in [2.75, 3.05) is 11.5 Å². The van der Waals surface area contributed by atoms with Gasteiger partial charge in [0, 0.05) is 0 Å². The molecule has 2 atom stereocenters. The Kier molecular flexibility index (Phi) is 2.50. The number of aliphatic hydroxyl groups excluding tert-OH is 1. The first-order valence-electron chi connectivity index (χ1n) is 5.00. The quantitative estimate of drug-likeness (QED) is 0.638. The van der Waals surface area contributed by atoms with Crippen molar-refractivity contribution in [3.05, 3.63) is 0 Å². The number of aliphatic carboxylic acids is 1. The Morgan fingerprint density at radius 3 is 2.00 bits per heavy atom. The van der Waals surface area contributed by atoms with Gasteiger partial charge in [-0.1, -0.05) is 0 Å². The third-order valence-electron chi connectivity index (χ3n) is 3.39. The molecule has 1 saturated heterocycles. The molecule has 0 amide bonds. The van der Waals surface area contributed by atoms with Crippen LogP contribution in [0.15, 0.2) is 0 Å². The molecule has 0 spiro atoms. The Bertz CT molecular complexity index is 352. The molecule has 0 aromatic carbocycles. The van der Waals surface area contributed by atoms with E-state index in [0.717, 1.165) is 0 Å². The summed E-state index contributed by atoms with van der Waals surface area (Å²) in [7, 11) is -3.11. The molecule has 0 aromatic heterocycles. The summed E-state index contributed by atoms with van der Waals surface area (Å²) in [5, 5.41) is 18.5. The molecule has 15 heavy (non-hydrogen) atoms. The first-order valence-corrected chi connectivity index (χ1v) is 6.82. The van der Waals surface area contributed by atoms with Crippen LogP contribution in [0.1, 0.15) is 12.8 Å². The predicted octanol–water partition coefficient (Wildman–Crippen LogP) is -0.497. The lowest BCUT2D eigenvalue weighted by molar-refractivity contribution is -0.148. The van der Waals surface area contributed by atoms with E-state index in [2.05, 4.69) is 0 Å². The average molecular weight is 234 g/mol. The summed E-state index contributed by atoms with van der Waals surface area (Å²) in [6, 6.07) is 0. The van der Waals surface area contributed by atoms with Gasteiger partial charge in [0.1, 0.15) is 0 Å². The highest BCUT2D eigenvalue weighted by Gasteiger charge is 2.48. The predicted molar refractivity (Wildman–Crippen MR) is 52.0 cm³/mol. The number of rotatable bonds is 1. The van der Waals surface area contributed by atoms with Crippen LogP contribution in [-0.4, -0.2) is 42.2 Å². The summed E-state index contributed by atoms with van der Waals surface area (Å²) in [5.41, 5.74) is 0. The minimum Gasteiger partial charge on any atom is -0.481 e. The first kappa shape index (κ1) is 10.9. The molecular weight excluding hydrogens is 220 g/mol. The Morgan fingerprint density at radius 1 is 1.13 bits per heavy atom. The van der Waals surface area contributed by atoms with E-state index >= 15 is 0 Å². The molecule has 0 radical (unpaired) electrons. The Balaban J connectivity index is 2.29. The Morgan fingerprint density at radius 2 is 1.60 bits per heavy atom. The van der Waals surface area contributed by atoms with E-state index in [0.29, 0.717) is 12.8 Å². The SMILES string of the molecule is O=C(O)C1C2CC(O)CC1CS(=O)(=O)C2. The van der Waals surface area contributed by atoms with Crippen LogP contribution >= 0.6 is 0 Å². The molecule has 2 fully saturated rings. The second kappa shape index (κ2) is 3.45. The van der Waals surface area contributed by atoms with Crippen molar-refractivity contribution in [1.29, 1.82) is 0 Å². The van der Waals surface area contributed by atoms with E-state index in [9.17, 15) is 18.3 Å². The third kappa shape index (κ3) is 2.01. The fourth-order valence-corrected chi connectivity index (χ4v) is 5.07. The minimum atomic E-state index is -3.11. The summed E-state index contributed by atoms with van der Waals surface area (Å²) >= 11 is 0. The maximum atomic E-state index is 11.5. The summed E-state index contributed by atoms with van der Waals surface area (Å²) in [4.78, 5) is 11.0. The van der Waals surface area contributed by atoms with E-state index in [1.807, 2.05) is 0 Å². The first-order chi connectivity index (χ1) is 6.89. The molecule has 0 aromatic rings. The van der Waals surface area contributed by atoms with Gasteiger partial charge in [0.2, 0.25) is 0 Å². The maximum Gasteiger partial charge on any atom is 0.307 e. The molecule has 6 heteroatoms. The van der Waals surface area contributed by atoms with Gasteiger partial charge in [0.25, 0.3) is 0 Å². The van der Waals surface area contributed by atoms with Gasteiger partial charge >= 0.3 is 5.97 Å². The monoisotopic (exact) mass is 234 g/mol. The zero-order valence-corrected chi connectivity index (χ0v) is 8.98. The molecule has 1 aliphatic carbocycles. The Hall–Kier alpha value is -0.620. The lowest BCUT2D eigenvalue weighted by atomic mass is 9.72. The van der Waals surface area contributed by atoms with Gasteiger partial charge in [-0.3, -0.25) is 4.79 Å². The van der Waals surface area contributed by atoms with Crippen molar-refractivity contribution in [2.45, 2.75) is 18.9 Å². The third-order valence-corrected chi connectivity index (χ3v) is 5.26. The summed E-state index contributed by atoms with van der Waals surface area (Å²) in [6.07, 6.45) is 0.0606. The summed E-state index contributed by atoms with van der Waals surface area (Å²) in [5.74, 6) is -2.50. The standard InChI is InChI=1S/C9H14O5S/c10-7-1-5-3-15(13,14)4-6(2-7)8(5)9(11)12/h5-8,10H,1-4H2,(H,11,12). The molecule has 86 valence electrons. The van der Waals surface area contributed by atoms with Crippen LogP contribution in [0.3, 0.4) is 0 Å². The van der Waals surface area contributed by atoms with Crippen molar-refractivity contribution >= 4 is 15.8 Å². The number of carboxylic acid groups (broad SMARTS) is 1. The van der Waals surface area contributed by atoms with Gasteiger partial charge in [0.05, 0.1) is 23.5 Å². The zero-order chi connectivity index (χ0) is 11.2. The summed E-state index contributed by atoms with van der Waals surface area (Å²) in [6.45, 7) is 0. The number of carbonyl (C=O) groups is 1. The van der Waals surface area contributed by atoms with E-state index in [4.69, 9.17) is 5.11 Å². The molecule has 1 heterocycles. The van der Waals surface area contributed by atoms with Crippen LogP contribution in [0.5, 0.6) is 0 Å². The molecule has 2 aliphatic rings. The van der Waals surface area contributed by atoms with Crippen LogP contribution in [0.2, 0.25) is 0 Å². The van der Waals surface area contributed by atoms with Crippen molar-refractivity contribution < 1.29 is 23.4 Å². The van der Waals surface area contributed by atoms with Crippen molar-refractivity contribution in [2.24, 2.45) is 17.8 Å². The molecule has 2 unspecified atom stereocenters. The Labute approximate surface area is 88.0 Å². The van der Waals surface area contributed by atoms with Gasteiger partial charge in [-0.05, 0) is 24.7 Å². The number of sulfone groups is 1. The fourth-order valence-electron chi connectivity index (χ4n) is 2.94. The van der Waals surface area contributed by atoms with Gasteiger partial charge < -0.3 is 10.2 Å². The van der Waals surface area contributed by atoms with Gasteiger partial charge in [0.15, 0.2) is 9.84 Å². The van der Waals surface area contributed by atoms with Crippen molar-refractivity contribution in [3.8, 4) is 0 Å². The number of aliphatic hydroxyl groups is 1. The number of carboxylic acids is 1. The van der Waals surface area contributed by atoms with Crippen molar-refractivity contribution in [3.63, 3.8) is 0 Å². The second-order valence-electron chi connectivity index (χ2n) is 4.59. The molecule has 2 bridgehead atoms. The maximum absolute atomic E-state index is 11.5. The van der Waals surface area contributed by atoms with Crippen LogP contribution in [0.4, 0.5) is 0 Å². The molecule has 1 saturated carbocycles. The van der Waals surface area contributed by atoms with Crippen LogP contribution < -0.4 is 0 Å². The largest absolute Gasteiger partial charge is 0.481 e. The highest BCUT2D eigenvalue weighted by Crippen LogP contribution is 2.40. The van der Waals surface area contributed by atoms with Gasteiger partial charge in [-0.25, -0.2) is 8.42 Å². The molecule has 2 rings (SSSR count). The highest BCUT2D eigenvalue weighted by atomic mass is 32.2. The lowest BCUT2D eigenvalue weighted by Gasteiger charge is -2.41. The van der Waals surface area contributed by atoms with Gasteiger partial charge in [-0.2, -0.15) is 0 Å². The fraction of sp³-hybridized carbons (Fsp3) is 0.889. The normalized spacial score (nSPS) is 43.5. The smallest absolute Gasteiger partial charge is 0.307 e. The number of fused-ring (bicyclic) bond motifs is 2. The van der Waals surface area contributed by atoms with Crippen LogP contribution in [0.25, 0.3) is 0 Å². The van der Waals surface area contributed by atoms with E-state index in [-0.39, 0.29) is 11.5 Å². The molecular formula is C9H14O5S. The van der Waals surface area contributed by atoms with E-state index in [1.54, 1.807) is 0 Å². The topological polar surface area (TPSA) is 91.7 Å². The zero-order valence-electron chi connectivity index (χ0n) is 8.17. The van der Waals surface area contributed by atoms with Gasteiger partial charge in [-0.15, -0.1) is 0 Å². The molecule has 2 N–H and O–H groups in total.